The van der Waals surface area contributed by atoms with Crippen molar-refractivity contribution in [3.05, 3.63) is 24.0 Å². The molecule has 0 spiro atoms. The number of rotatable bonds is 7. The molecule has 2 aromatic rings. The van der Waals surface area contributed by atoms with Gasteiger partial charge in [0.2, 0.25) is 11.8 Å². The zero-order chi connectivity index (χ0) is 21.0. The molecule has 0 saturated carbocycles. The molecule has 9 heteroatoms. The average Bonchev–Trinajstić information content (AvgIpc) is 3.29. The number of likely N-dealkylation sites (tertiary alicyclic amines) is 1. The molecule has 3 rings (SSSR count). The maximum Gasteiger partial charge on any atom is 0.229 e. The fourth-order valence-electron chi connectivity index (χ4n) is 3.12. The van der Waals surface area contributed by atoms with Gasteiger partial charge in [0.15, 0.2) is 5.13 Å². The van der Waals surface area contributed by atoms with Crippen LogP contribution in [0.25, 0.3) is 0 Å². The number of carbonyl (C=O) groups is 2. The molecule has 1 aliphatic heterocycles. The molecule has 7 nitrogen and oxygen atoms in total. The molecule has 0 unspecified atom stereocenters. The van der Waals surface area contributed by atoms with E-state index in [2.05, 4.69) is 41.0 Å². The van der Waals surface area contributed by atoms with Gasteiger partial charge in [0, 0.05) is 11.3 Å². The molecule has 1 aliphatic rings. The normalized spacial score (nSPS) is 16.1. The van der Waals surface area contributed by atoms with E-state index in [1.807, 2.05) is 0 Å². The van der Waals surface area contributed by atoms with Gasteiger partial charge < -0.3 is 9.73 Å². The number of anilines is 1. The van der Waals surface area contributed by atoms with Crippen molar-refractivity contribution < 1.29 is 14.0 Å². The fourth-order valence-corrected chi connectivity index (χ4v) is 4.84. The van der Waals surface area contributed by atoms with Crippen molar-refractivity contribution >= 4 is 39.9 Å². The fraction of sp³-hybridized carbons (Fsp3) is 0.600. The third-order valence-corrected chi connectivity index (χ3v) is 6.84. The number of amides is 1. The minimum atomic E-state index is -0.0555. The number of oxazole rings is 1. The van der Waals surface area contributed by atoms with Crippen LogP contribution in [0.1, 0.15) is 52.2 Å². The lowest BCUT2D eigenvalue weighted by molar-refractivity contribution is -0.121. The van der Waals surface area contributed by atoms with Crippen LogP contribution in [-0.4, -0.2) is 46.2 Å². The zero-order valence-electron chi connectivity index (χ0n) is 17.4. The summed E-state index contributed by atoms with van der Waals surface area (Å²) in [4.78, 5) is 34.5. The van der Waals surface area contributed by atoms with E-state index in [1.165, 1.54) is 11.3 Å². The van der Waals surface area contributed by atoms with Crippen molar-refractivity contribution in [2.24, 2.45) is 5.92 Å². The summed E-state index contributed by atoms with van der Waals surface area (Å²) in [7, 11) is 0. The molecule has 0 aliphatic carbocycles. The minimum absolute atomic E-state index is 0.0147. The van der Waals surface area contributed by atoms with E-state index < -0.39 is 0 Å². The maximum absolute atomic E-state index is 12.5. The number of piperidine rings is 1. The van der Waals surface area contributed by atoms with Gasteiger partial charge in [-0.25, -0.2) is 9.97 Å². The van der Waals surface area contributed by atoms with E-state index in [1.54, 1.807) is 31.1 Å². The Labute approximate surface area is 179 Å². The van der Waals surface area contributed by atoms with Crippen LogP contribution >= 0.6 is 23.1 Å². The third kappa shape index (κ3) is 6.38. The second-order valence-corrected chi connectivity index (χ2v) is 10.7. The molecule has 0 aromatic carbocycles. The number of carbonyl (C=O) groups excluding carboxylic acids is 2. The predicted octanol–water partition coefficient (Wildman–Crippen LogP) is 3.96. The van der Waals surface area contributed by atoms with Gasteiger partial charge in [-0.2, -0.15) is 0 Å². The standard InChI is InChI=1S/C20H28N4O3S2/c1-13(25)11-24-7-5-14(6-8-24)18(26)23-19-22-10-17(29-19)28-12-16-21-9-15(27-16)20(2,3)4/h9-10,14H,5-8,11-12H2,1-4H3,(H,22,23,26). The molecule has 1 saturated heterocycles. The lowest BCUT2D eigenvalue weighted by Crippen LogP contribution is -2.40. The lowest BCUT2D eigenvalue weighted by Gasteiger charge is -2.30. The highest BCUT2D eigenvalue weighted by atomic mass is 32.2. The molecule has 1 N–H and O–H groups in total. The molecule has 0 atom stereocenters. The summed E-state index contributed by atoms with van der Waals surface area (Å²) in [5.74, 6) is 2.35. The summed E-state index contributed by atoms with van der Waals surface area (Å²) < 4.78 is 6.82. The van der Waals surface area contributed by atoms with E-state index in [9.17, 15) is 9.59 Å². The quantitative estimate of drug-likeness (QED) is 0.657. The molecular weight excluding hydrogens is 408 g/mol. The summed E-state index contributed by atoms with van der Waals surface area (Å²) in [6.07, 6.45) is 5.10. The number of hydrogen-bond donors (Lipinski definition) is 1. The Balaban J connectivity index is 1.46. The van der Waals surface area contributed by atoms with Crippen molar-refractivity contribution in [1.29, 1.82) is 0 Å². The van der Waals surface area contributed by atoms with Crippen LogP contribution in [0.5, 0.6) is 0 Å². The van der Waals surface area contributed by atoms with Crippen LogP contribution in [0.3, 0.4) is 0 Å². The molecule has 0 radical (unpaired) electrons. The van der Waals surface area contributed by atoms with Crippen LogP contribution in [0.4, 0.5) is 5.13 Å². The second kappa shape index (κ2) is 9.40. The Morgan fingerprint density at radius 3 is 2.62 bits per heavy atom. The van der Waals surface area contributed by atoms with Crippen molar-refractivity contribution in [2.75, 3.05) is 25.0 Å². The van der Waals surface area contributed by atoms with Gasteiger partial charge in [0.1, 0.15) is 11.5 Å². The zero-order valence-corrected chi connectivity index (χ0v) is 19.0. The van der Waals surface area contributed by atoms with Crippen molar-refractivity contribution in [1.82, 2.24) is 14.9 Å². The van der Waals surface area contributed by atoms with E-state index in [0.29, 0.717) is 23.3 Å². The molecule has 1 amide bonds. The van der Waals surface area contributed by atoms with Gasteiger partial charge in [-0.1, -0.05) is 32.1 Å². The summed E-state index contributed by atoms with van der Waals surface area (Å²) >= 11 is 3.06. The molecule has 1 fully saturated rings. The summed E-state index contributed by atoms with van der Waals surface area (Å²) in [6.45, 7) is 9.92. The molecule has 3 heterocycles. The Kier molecular flexibility index (Phi) is 7.13. The van der Waals surface area contributed by atoms with Crippen molar-refractivity contribution in [3.63, 3.8) is 0 Å². The summed E-state index contributed by atoms with van der Waals surface area (Å²) in [5, 5.41) is 3.56. The topological polar surface area (TPSA) is 88.3 Å². The Morgan fingerprint density at radius 1 is 1.28 bits per heavy atom. The largest absolute Gasteiger partial charge is 0.444 e. The van der Waals surface area contributed by atoms with E-state index in [4.69, 9.17) is 4.42 Å². The lowest BCUT2D eigenvalue weighted by atomic mass is 9.94. The van der Waals surface area contributed by atoms with Crippen LogP contribution in [-0.2, 0) is 20.8 Å². The van der Waals surface area contributed by atoms with E-state index in [-0.39, 0.29) is 23.0 Å². The Hall–Kier alpha value is -1.71. The van der Waals surface area contributed by atoms with Crippen LogP contribution in [0.15, 0.2) is 21.0 Å². The van der Waals surface area contributed by atoms with Gasteiger partial charge in [-0.15, -0.1) is 11.8 Å². The molecule has 29 heavy (non-hydrogen) atoms. The van der Waals surface area contributed by atoms with E-state index >= 15 is 0 Å². The number of aromatic nitrogens is 2. The first kappa shape index (κ1) is 22.0. The smallest absolute Gasteiger partial charge is 0.229 e. The van der Waals surface area contributed by atoms with Gasteiger partial charge in [-0.05, 0) is 32.9 Å². The highest BCUT2D eigenvalue weighted by Crippen LogP contribution is 2.32. The molecule has 0 bridgehead atoms. The van der Waals surface area contributed by atoms with Gasteiger partial charge in [-0.3, -0.25) is 14.5 Å². The third-order valence-electron chi connectivity index (χ3n) is 4.75. The van der Waals surface area contributed by atoms with Crippen molar-refractivity contribution in [2.45, 2.75) is 55.9 Å². The number of nitrogens with one attached hydrogen (secondary N) is 1. The number of thiazole rings is 1. The van der Waals surface area contributed by atoms with Gasteiger partial charge in [0.05, 0.1) is 28.9 Å². The highest BCUT2D eigenvalue weighted by molar-refractivity contribution is 8.00. The van der Waals surface area contributed by atoms with Crippen LogP contribution < -0.4 is 5.32 Å². The monoisotopic (exact) mass is 436 g/mol. The Bertz CT molecular complexity index is 848. The van der Waals surface area contributed by atoms with Crippen molar-refractivity contribution in [3.8, 4) is 0 Å². The first-order valence-corrected chi connectivity index (χ1v) is 11.6. The number of thioether (sulfide) groups is 1. The molecular formula is C20H28N4O3S2. The molecule has 158 valence electrons. The Morgan fingerprint density at radius 2 is 2.00 bits per heavy atom. The number of nitrogens with zero attached hydrogens (tertiary/aromatic N) is 3. The summed E-state index contributed by atoms with van der Waals surface area (Å²) in [6, 6.07) is 0. The average molecular weight is 437 g/mol. The first-order valence-electron chi connectivity index (χ1n) is 9.77. The molecule has 2 aromatic heterocycles. The van der Waals surface area contributed by atoms with Gasteiger partial charge in [0.25, 0.3) is 0 Å². The SMILES string of the molecule is CC(=O)CN1CCC(C(=O)Nc2ncc(SCc3ncc(C(C)(C)C)o3)s2)CC1. The first-order chi connectivity index (χ1) is 13.7. The number of hydrogen-bond acceptors (Lipinski definition) is 8. The predicted molar refractivity (Wildman–Crippen MR) is 115 cm³/mol. The minimum Gasteiger partial charge on any atom is -0.444 e. The van der Waals surface area contributed by atoms with Gasteiger partial charge >= 0.3 is 0 Å². The van der Waals surface area contributed by atoms with Crippen LogP contribution in [0, 0.1) is 5.92 Å². The summed E-state index contributed by atoms with van der Waals surface area (Å²) in [5.41, 5.74) is -0.0555. The number of Topliss-reactive ketones (excluding diaryl/α,β-unsaturated/α-hetero) is 1. The maximum atomic E-state index is 12.5. The second-order valence-electron chi connectivity index (χ2n) is 8.38. The van der Waals surface area contributed by atoms with Crippen LogP contribution in [0.2, 0.25) is 0 Å². The highest BCUT2D eigenvalue weighted by Gasteiger charge is 2.26. The van der Waals surface area contributed by atoms with E-state index in [0.717, 1.165) is 35.9 Å². The number of ketones is 1.